The maximum Gasteiger partial charge on any atom is 0.328 e. The van der Waals surface area contributed by atoms with E-state index in [1.807, 2.05) is 0 Å². The van der Waals surface area contributed by atoms with Gasteiger partial charge >= 0.3 is 6.72 Å². The van der Waals surface area contributed by atoms with Crippen LogP contribution in [0.3, 0.4) is 0 Å². The molecule has 1 unspecified atom stereocenters. The van der Waals surface area contributed by atoms with Crippen molar-refractivity contribution >= 4 is 18.1 Å². The molecule has 0 saturated carbocycles. The van der Waals surface area contributed by atoms with Gasteiger partial charge in [-0.25, -0.2) is 4.67 Å². The zero-order valence-corrected chi connectivity index (χ0v) is 7.83. The Morgan fingerprint density at radius 1 is 1.56 bits per heavy atom. The van der Waals surface area contributed by atoms with Crippen LogP contribution in [-0.4, -0.2) is 32.1 Å². The maximum atomic E-state index is 11.3. The van der Waals surface area contributed by atoms with E-state index in [0.717, 1.165) is 0 Å². The van der Waals surface area contributed by atoms with E-state index in [1.165, 1.54) is 18.5 Å². The minimum absolute atomic E-state index is 1.24. The highest BCUT2D eigenvalue weighted by atomic mass is 32.7. The SMILES string of the molecule is COP(=O)(SC)N(C)C. The van der Waals surface area contributed by atoms with E-state index in [1.54, 1.807) is 25.0 Å². The first-order chi connectivity index (χ1) is 4.06. The fraction of sp³-hybridized carbons (Fsp3) is 1.00. The van der Waals surface area contributed by atoms with Crippen LogP contribution in [-0.2, 0) is 9.09 Å². The summed E-state index contributed by atoms with van der Waals surface area (Å²) >= 11 is 1.24. The third-order valence-corrected chi connectivity index (χ3v) is 5.67. The standard InChI is InChI=1S/C4H12NO2PS/c1-5(2)8(6,7-3)9-4/h1-4H3. The fourth-order valence-corrected chi connectivity index (χ4v) is 2.63. The van der Waals surface area contributed by atoms with Crippen LogP contribution in [0.5, 0.6) is 0 Å². The van der Waals surface area contributed by atoms with Gasteiger partial charge in [0.05, 0.1) is 0 Å². The zero-order valence-electron chi connectivity index (χ0n) is 6.12. The van der Waals surface area contributed by atoms with Crippen molar-refractivity contribution < 1.29 is 9.09 Å². The smallest absolute Gasteiger partial charge is 0.313 e. The summed E-state index contributed by atoms with van der Waals surface area (Å²) in [5.74, 6) is 0. The van der Waals surface area contributed by atoms with Crippen molar-refractivity contribution in [2.75, 3.05) is 27.5 Å². The van der Waals surface area contributed by atoms with Gasteiger partial charge in [0.2, 0.25) is 0 Å². The Morgan fingerprint density at radius 2 is 2.00 bits per heavy atom. The second-order valence-corrected chi connectivity index (χ2v) is 6.63. The Morgan fingerprint density at radius 3 is 2.00 bits per heavy atom. The summed E-state index contributed by atoms with van der Waals surface area (Å²) in [5.41, 5.74) is 0. The molecule has 5 heteroatoms. The average Bonchev–Trinajstić information content (AvgIpc) is 1.86. The van der Waals surface area contributed by atoms with Crippen molar-refractivity contribution in [3.63, 3.8) is 0 Å². The molecule has 0 spiro atoms. The molecule has 9 heavy (non-hydrogen) atoms. The van der Waals surface area contributed by atoms with Crippen LogP contribution >= 0.6 is 18.1 Å². The molecule has 0 aliphatic rings. The monoisotopic (exact) mass is 169 g/mol. The minimum atomic E-state index is -2.50. The third-order valence-electron chi connectivity index (χ3n) is 0.951. The lowest BCUT2D eigenvalue weighted by atomic mass is 11.3. The number of hydrogen-bond donors (Lipinski definition) is 0. The summed E-state index contributed by atoms with van der Waals surface area (Å²) in [7, 11) is 4.93. The van der Waals surface area contributed by atoms with Gasteiger partial charge in [-0.05, 0) is 20.4 Å². The second kappa shape index (κ2) is 3.62. The van der Waals surface area contributed by atoms with E-state index in [4.69, 9.17) is 4.52 Å². The molecule has 0 aromatic heterocycles. The van der Waals surface area contributed by atoms with E-state index < -0.39 is 6.72 Å². The van der Waals surface area contributed by atoms with Gasteiger partial charge < -0.3 is 4.52 Å². The van der Waals surface area contributed by atoms with Crippen LogP contribution in [0.25, 0.3) is 0 Å². The summed E-state index contributed by atoms with van der Waals surface area (Å²) in [4.78, 5) is 0. The third kappa shape index (κ3) is 2.30. The molecule has 0 aliphatic carbocycles. The number of nitrogens with zero attached hydrogens (tertiary/aromatic N) is 1. The first-order valence-electron chi connectivity index (χ1n) is 2.46. The van der Waals surface area contributed by atoms with Crippen molar-refractivity contribution in [1.82, 2.24) is 4.67 Å². The lowest BCUT2D eigenvalue weighted by Gasteiger charge is -2.19. The molecule has 0 aliphatic heterocycles. The molecule has 0 fully saturated rings. The molecular formula is C4H12NO2PS. The largest absolute Gasteiger partial charge is 0.328 e. The van der Waals surface area contributed by atoms with Crippen molar-refractivity contribution in [2.24, 2.45) is 0 Å². The van der Waals surface area contributed by atoms with E-state index in [9.17, 15) is 4.57 Å². The minimum Gasteiger partial charge on any atom is -0.313 e. The normalized spacial score (nSPS) is 17.9. The number of rotatable bonds is 3. The molecule has 0 aromatic carbocycles. The molecule has 0 bridgehead atoms. The van der Waals surface area contributed by atoms with Crippen molar-refractivity contribution in [3.05, 3.63) is 0 Å². The van der Waals surface area contributed by atoms with Gasteiger partial charge in [-0.3, -0.25) is 4.57 Å². The molecule has 0 radical (unpaired) electrons. The van der Waals surface area contributed by atoms with E-state index in [0.29, 0.717) is 0 Å². The average molecular weight is 169 g/mol. The lowest BCUT2D eigenvalue weighted by molar-refractivity contribution is 0.364. The quantitative estimate of drug-likeness (QED) is 0.601. The van der Waals surface area contributed by atoms with Gasteiger partial charge in [0.15, 0.2) is 0 Å². The lowest BCUT2D eigenvalue weighted by Crippen LogP contribution is -2.06. The van der Waals surface area contributed by atoms with Crippen LogP contribution in [0, 0.1) is 0 Å². The molecule has 56 valence electrons. The first kappa shape index (κ1) is 9.50. The van der Waals surface area contributed by atoms with Gasteiger partial charge in [0.1, 0.15) is 0 Å². The predicted octanol–water partition coefficient (Wildman–Crippen LogP) is 1.67. The van der Waals surface area contributed by atoms with Crippen molar-refractivity contribution in [1.29, 1.82) is 0 Å². The molecule has 0 saturated heterocycles. The Kier molecular flexibility index (Phi) is 3.82. The fourth-order valence-electron chi connectivity index (χ4n) is 0.401. The van der Waals surface area contributed by atoms with Crippen LogP contribution in [0.2, 0.25) is 0 Å². The summed E-state index contributed by atoms with van der Waals surface area (Å²) in [6, 6.07) is 0. The van der Waals surface area contributed by atoms with Crippen LogP contribution in [0.1, 0.15) is 0 Å². The van der Waals surface area contributed by atoms with Gasteiger partial charge in [0.25, 0.3) is 0 Å². The molecule has 3 nitrogen and oxygen atoms in total. The summed E-state index contributed by atoms with van der Waals surface area (Å²) in [6.45, 7) is -2.50. The number of hydrogen-bond acceptors (Lipinski definition) is 3. The molecule has 0 aromatic rings. The van der Waals surface area contributed by atoms with E-state index in [2.05, 4.69) is 0 Å². The highest BCUT2D eigenvalue weighted by Crippen LogP contribution is 2.58. The van der Waals surface area contributed by atoms with Crippen LogP contribution < -0.4 is 0 Å². The van der Waals surface area contributed by atoms with Crippen LogP contribution in [0.15, 0.2) is 0 Å². The maximum absolute atomic E-state index is 11.3. The van der Waals surface area contributed by atoms with Crippen LogP contribution in [0.4, 0.5) is 0 Å². The summed E-state index contributed by atoms with van der Waals surface area (Å²) in [5, 5.41) is 0. The Bertz CT molecular complexity index is 120. The Balaban J connectivity index is 4.11. The Labute approximate surface area is 60.0 Å². The molecule has 0 rings (SSSR count). The Hall–Kier alpha value is 0.500. The van der Waals surface area contributed by atoms with Gasteiger partial charge in [-0.15, -0.1) is 0 Å². The highest BCUT2D eigenvalue weighted by molar-refractivity contribution is 8.55. The van der Waals surface area contributed by atoms with Gasteiger partial charge in [-0.1, -0.05) is 11.4 Å². The predicted molar refractivity (Wildman–Crippen MR) is 41.8 cm³/mol. The van der Waals surface area contributed by atoms with E-state index in [-0.39, 0.29) is 0 Å². The van der Waals surface area contributed by atoms with Gasteiger partial charge in [-0.2, -0.15) is 0 Å². The topological polar surface area (TPSA) is 29.5 Å². The molecular weight excluding hydrogens is 157 g/mol. The zero-order chi connectivity index (χ0) is 7.49. The summed E-state index contributed by atoms with van der Waals surface area (Å²) in [6.07, 6.45) is 1.77. The molecule has 0 N–H and O–H groups in total. The van der Waals surface area contributed by atoms with E-state index >= 15 is 0 Å². The molecule has 0 heterocycles. The van der Waals surface area contributed by atoms with Gasteiger partial charge in [0, 0.05) is 7.11 Å². The van der Waals surface area contributed by atoms with Crippen molar-refractivity contribution in [3.8, 4) is 0 Å². The first-order valence-corrected chi connectivity index (χ1v) is 5.87. The summed E-state index contributed by atoms with van der Waals surface area (Å²) < 4.78 is 17.7. The molecule has 1 atom stereocenters. The second-order valence-electron chi connectivity index (χ2n) is 1.68. The molecule has 0 amide bonds. The van der Waals surface area contributed by atoms with Crippen molar-refractivity contribution in [2.45, 2.75) is 0 Å². The highest BCUT2D eigenvalue weighted by Gasteiger charge is 2.22.